The van der Waals surface area contributed by atoms with Crippen LogP contribution in [-0.2, 0) is 69.3 Å². The molecule has 732 valence electrons. The van der Waals surface area contributed by atoms with E-state index in [1.807, 2.05) is 107 Å². The lowest BCUT2D eigenvalue weighted by molar-refractivity contribution is -0.148. The minimum Gasteiger partial charge on any atom is -0.494 e. The van der Waals surface area contributed by atoms with Crippen LogP contribution in [0.1, 0.15) is 117 Å². The predicted molar refractivity (Wildman–Crippen MR) is 528 cm³/mol. The van der Waals surface area contributed by atoms with Crippen molar-refractivity contribution in [1.82, 2.24) is 125 Å². The van der Waals surface area contributed by atoms with E-state index < -0.39 is 55.1 Å². The number of primary amides is 1. The summed E-state index contributed by atoms with van der Waals surface area (Å²) in [6.07, 6.45) is 8.51. The Morgan fingerprint density at radius 3 is 1.14 bits per heavy atom. The first-order valence-electron chi connectivity index (χ1n) is 48.3. The summed E-state index contributed by atoms with van der Waals surface area (Å²) >= 11 is 0. The van der Waals surface area contributed by atoms with Gasteiger partial charge in [0.25, 0.3) is 0 Å². The Kier molecular flexibility index (Phi) is 35.4. The Bertz CT molecular complexity index is 6140. The number of fused-ring (bicyclic) bond motifs is 4. The van der Waals surface area contributed by atoms with Crippen LogP contribution < -0.4 is 41.0 Å². The van der Waals surface area contributed by atoms with Crippen molar-refractivity contribution < 1.29 is 52.6 Å². The first kappa shape index (κ1) is 99.7. The average Bonchev–Trinajstić information content (AvgIpc) is 1.64. The van der Waals surface area contributed by atoms with E-state index in [1.165, 1.54) is 40.8 Å². The molecular formula is C99H130N28O11. The zero-order valence-corrected chi connectivity index (χ0v) is 80.3. The highest BCUT2D eigenvalue weighted by Crippen LogP contribution is 2.33. The number of H-pyrrole nitrogens is 4. The number of rotatable bonds is 52. The molecule has 0 saturated carbocycles. The quantitative estimate of drug-likeness (QED) is 0.0167. The summed E-state index contributed by atoms with van der Waals surface area (Å²) in [5.74, 6) is 0.406. The van der Waals surface area contributed by atoms with E-state index in [2.05, 4.69) is 139 Å². The van der Waals surface area contributed by atoms with Gasteiger partial charge in [-0.25, -0.2) is 19.9 Å². The van der Waals surface area contributed by atoms with Crippen LogP contribution in [0.15, 0.2) is 134 Å². The van der Waals surface area contributed by atoms with Gasteiger partial charge < -0.3 is 100 Å². The number of aromatic nitrogens is 14. The van der Waals surface area contributed by atoms with Gasteiger partial charge in [-0.1, -0.05) is 69.3 Å². The highest BCUT2D eigenvalue weighted by atomic mass is 16.5. The summed E-state index contributed by atoms with van der Waals surface area (Å²) in [6, 6.07) is 40.4. The van der Waals surface area contributed by atoms with Crippen LogP contribution in [0.4, 0.5) is 11.4 Å². The van der Waals surface area contributed by atoms with Gasteiger partial charge in [0, 0.05) is 170 Å². The van der Waals surface area contributed by atoms with E-state index in [-0.39, 0.29) is 103 Å². The molecule has 0 spiro atoms. The molecule has 2 saturated heterocycles. The van der Waals surface area contributed by atoms with Crippen molar-refractivity contribution >= 4 is 109 Å². The number of aromatic amines is 4. The summed E-state index contributed by atoms with van der Waals surface area (Å²) < 4.78 is 15.4. The molecule has 0 bridgehead atoms. The number of hydrogen-bond acceptors (Lipinski definition) is 24. The number of aryl methyl sites for hydroxylation is 2. The van der Waals surface area contributed by atoms with Crippen molar-refractivity contribution in [2.75, 3.05) is 181 Å². The fourth-order valence-electron chi connectivity index (χ4n) is 17.0. The third kappa shape index (κ3) is 27.8. The Balaban J connectivity index is 0.463. The van der Waals surface area contributed by atoms with Crippen molar-refractivity contribution in [3.8, 4) is 57.1 Å². The van der Waals surface area contributed by atoms with Crippen LogP contribution in [-0.4, -0.2) is 334 Å². The summed E-state index contributed by atoms with van der Waals surface area (Å²) in [7, 11) is 4.31. The highest BCUT2D eigenvalue weighted by molar-refractivity contribution is 5.94. The first-order valence-corrected chi connectivity index (χ1v) is 48.3. The normalized spacial score (nSPS) is 13.1. The van der Waals surface area contributed by atoms with Crippen LogP contribution in [0.3, 0.4) is 0 Å². The van der Waals surface area contributed by atoms with Crippen LogP contribution in [0.25, 0.3) is 89.7 Å². The Morgan fingerprint density at radius 1 is 0.399 bits per heavy atom. The molecule has 2 fully saturated rings. The largest absolute Gasteiger partial charge is 0.494 e. The second-order valence-corrected chi connectivity index (χ2v) is 35.5. The van der Waals surface area contributed by atoms with Gasteiger partial charge in [0.05, 0.1) is 122 Å². The maximum absolute atomic E-state index is 14.3. The zero-order valence-electron chi connectivity index (χ0n) is 80.3. The van der Waals surface area contributed by atoms with Gasteiger partial charge in [-0.2, -0.15) is 0 Å². The van der Waals surface area contributed by atoms with Gasteiger partial charge >= 0.3 is 0 Å². The number of amides is 9. The average molecular weight is 1890 g/mol. The molecular weight excluding hydrogens is 1760 g/mol. The molecule has 6 aromatic heterocycles. The number of benzene rings is 6. The summed E-state index contributed by atoms with van der Waals surface area (Å²) in [5.41, 5.74) is 19.8. The lowest BCUT2D eigenvalue weighted by atomic mass is 10.2. The van der Waals surface area contributed by atoms with Crippen LogP contribution in [0, 0.1) is 0 Å². The van der Waals surface area contributed by atoms with Crippen molar-refractivity contribution in [2.24, 2.45) is 5.73 Å². The fourth-order valence-corrected chi connectivity index (χ4v) is 17.0. The lowest BCUT2D eigenvalue weighted by Gasteiger charge is -2.34. The third-order valence-corrected chi connectivity index (χ3v) is 24.5. The number of imidazole rings is 4. The van der Waals surface area contributed by atoms with Crippen molar-refractivity contribution in [2.45, 2.75) is 131 Å². The van der Waals surface area contributed by atoms with Gasteiger partial charge in [-0.3, -0.25) is 52.5 Å². The number of carbonyl (C=O) groups is 9. The monoisotopic (exact) mass is 1890 g/mol. The highest BCUT2D eigenvalue weighted by Gasteiger charge is 2.31. The van der Waals surface area contributed by atoms with E-state index in [1.54, 1.807) is 21.8 Å². The molecule has 138 heavy (non-hydrogen) atoms. The SMILES string of the molecule is CCCN(CC(=O)N(CCC)CC(=O)N(CCC)CC(=O)N(CCC)CC(=O)N(CCC)CC(=O)N(CC(N)=O)Cc1cn(CCCNC(=O)CCCOc2cccc(-c3nc4ccc(-c5nc6ccc(N7CCN(C)CC7)cc6[nH]5)cc4[nH]3)c2)nn1)C(=O)CNCc1cn(CCCNC(=O)CCCOc2cccc(-c3nc4ccc(-c5nc6ccc(N7CCN(C)CC7)cc6[nH]5)cc4[nH]3)c2)nn1. The molecule has 9 amide bonds. The summed E-state index contributed by atoms with van der Waals surface area (Å²) in [6.45, 7) is 18.3. The van der Waals surface area contributed by atoms with E-state index >= 15 is 0 Å². The topological polar surface area (TPSA) is 443 Å². The number of carbonyl (C=O) groups excluding carboxylic acids is 9. The molecule has 0 radical (unpaired) electrons. The standard InChI is InChI=1S/C99H130N28O11/c1-8-35-120(90(131)59-101-58-73-61-126(114-112-73)40-17-33-102-88(129)23-15-50-137-77-21-13-19-69(52-77)96-104-79-29-25-71(54-83(79)108-96)98-106-81-31-27-75(56-85(81)110-98)118-46-42-116(6)43-47-118)64-91(132)121(36-9-2)65-92(133)122(37-10-3)66-93(134)123(38-11-4)67-94(135)124(39-12-5)68-95(136)125(63-87(100)128)60-74-62-127(115-113-74)41-18-34-103-89(130)24-16-51-138-78-22-14-20-70(53-78)97-105-80-30-26-72(55-84(80)109-97)99-107-82-32-28-76(57-86(82)111-99)119-48-44-117(7)45-49-119/h13-14,19-22,25-32,52-57,61-62,101H,8-12,15-18,23-24,33-51,58-60,63-68H2,1-7H3,(H2,100,128)(H,102,129)(H,103,130)(H,104,108)(H,105,109)(H,106,110)(H,107,111). The first-order chi connectivity index (χ1) is 67.0. The maximum Gasteiger partial charge on any atom is 0.243 e. The maximum atomic E-state index is 14.3. The molecule has 6 aromatic carbocycles. The molecule has 0 atom stereocenters. The molecule has 39 heteroatoms. The predicted octanol–water partition coefficient (Wildman–Crippen LogP) is 8.07. The minimum absolute atomic E-state index is 0.0913. The molecule has 12 aromatic rings. The van der Waals surface area contributed by atoms with Gasteiger partial charge in [-0.15, -0.1) is 10.2 Å². The number of nitrogens with zero attached hydrogens (tertiary/aromatic N) is 20. The van der Waals surface area contributed by atoms with E-state index in [4.69, 9.17) is 35.1 Å². The number of nitrogens with two attached hydrogens (primary N) is 1. The van der Waals surface area contributed by atoms with Crippen molar-refractivity contribution in [3.63, 3.8) is 0 Å². The van der Waals surface area contributed by atoms with E-state index in [0.717, 1.165) is 130 Å². The minimum atomic E-state index is -0.788. The molecule has 2 aliphatic heterocycles. The fraction of sp³-hybridized carbons (Fsp3) is 0.465. The number of ether oxygens (including phenoxy) is 2. The molecule has 39 nitrogen and oxygen atoms in total. The number of hydrogen-bond donors (Lipinski definition) is 8. The summed E-state index contributed by atoms with van der Waals surface area (Å²) in [5, 5.41) is 26.0. The number of nitrogens with one attached hydrogen (secondary N) is 7. The van der Waals surface area contributed by atoms with Gasteiger partial charge in [0.15, 0.2) is 0 Å². The third-order valence-electron chi connectivity index (χ3n) is 24.5. The van der Waals surface area contributed by atoms with Gasteiger partial charge in [0.2, 0.25) is 53.2 Å². The smallest absolute Gasteiger partial charge is 0.243 e. The molecule has 8 heterocycles. The van der Waals surface area contributed by atoms with E-state index in [0.29, 0.717) is 132 Å². The Labute approximate surface area is 802 Å². The van der Waals surface area contributed by atoms with Gasteiger partial charge in [-0.05, 0) is 169 Å². The molecule has 9 N–H and O–H groups in total. The van der Waals surface area contributed by atoms with Crippen LogP contribution in [0.5, 0.6) is 11.5 Å². The zero-order chi connectivity index (χ0) is 97.0. The lowest BCUT2D eigenvalue weighted by Crippen LogP contribution is -2.52. The summed E-state index contributed by atoms with van der Waals surface area (Å²) in [4.78, 5) is 174. The van der Waals surface area contributed by atoms with Crippen LogP contribution >= 0.6 is 0 Å². The molecule has 0 unspecified atom stereocenters. The second-order valence-electron chi connectivity index (χ2n) is 35.5. The van der Waals surface area contributed by atoms with Crippen molar-refractivity contribution in [1.29, 1.82) is 0 Å². The number of likely N-dealkylation sites (N-methyl/N-ethyl adjacent to an activating group) is 2. The molecule has 0 aliphatic carbocycles. The molecule has 2 aliphatic rings. The Morgan fingerprint density at radius 2 is 0.754 bits per heavy atom. The molecule has 14 rings (SSSR count). The van der Waals surface area contributed by atoms with Gasteiger partial charge in [0.1, 0.15) is 40.5 Å². The van der Waals surface area contributed by atoms with Crippen LogP contribution in [0.2, 0.25) is 0 Å². The number of anilines is 2. The number of piperazine rings is 2. The second kappa shape index (κ2) is 49.0. The van der Waals surface area contributed by atoms with E-state index in [9.17, 15) is 43.2 Å². The Hall–Kier alpha value is -14.2. The van der Waals surface area contributed by atoms with Crippen molar-refractivity contribution in [3.05, 3.63) is 145 Å².